The van der Waals surface area contributed by atoms with Crippen molar-refractivity contribution < 1.29 is 19.8 Å². The molecule has 1 aliphatic heterocycles. The number of aliphatic carboxylic acids is 1. The summed E-state index contributed by atoms with van der Waals surface area (Å²) in [5.41, 5.74) is 0.728. The van der Waals surface area contributed by atoms with Crippen LogP contribution in [-0.2, 0) is 9.59 Å². The smallest absolute Gasteiger partial charge is 0.326 e. The minimum absolute atomic E-state index is 0.134. The molecule has 1 aliphatic rings. The van der Waals surface area contributed by atoms with Gasteiger partial charge < -0.3 is 10.2 Å². The number of hydrogen-bond donors (Lipinski definition) is 2. The molecule has 0 saturated carbocycles. The Kier molecular flexibility index (Phi) is 4.10. The molecule has 0 bridgehead atoms. The molecule has 104 valence electrons. The third-order valence-corrected chi connectivity index (χ3v) is 4.09. The Morgan fingerprint density at radius 3 is 2.55 bits per heavy atom. The lowest BCUT2D eigenvalue weighted by Gasteiger charge is -2.18. The van der Waals surface area contributed by atoms with Crippen molar-refractivity contribution in [3.63, 3.8) is 0 Å². The van der Waals surface area contributed by atoms with Gasteiger partial charge in [-0.15, -0.1) is 0 Å². The number of amides is 1. The van der Waals surface area contributed by atoms with Gasteiger partial charge >= 0.3 is 5.97 Å². The van der Waals surface area contributed by atoms with Crippen molar-refractivity contribution in [3.8, 4) is 5.75 Å². The minimum atomic E-state index is -1.10. The Bertz CT molecular complexity index is 609. The van der Waals surface area contributed by atoms with Crippen LogP contribution < -0.4 is 0 Å². The number of carbonyl (C=O) groups is 2. The first-order chi connectivity index (χ1) is 9.40. The second-order valence-electron chi connectivity index (χ2n) is 4.16. The van der Waals surface area contributed by atoms with Crippen LogP contribution in [0.3, 0.4) is 0 Å². The van der Waals surface area contributed by atoms with Crippen LogP contribution in [0, 0.1) is 0 Å². The van der Waals surface area contributed by atoms with Crippen molar-refractivity contribution in [3.05, 3.63) is 34.7 Å². The van der Waals surface area contributed by atoms with Gasteiger partial charge in [0.05, 0.1) is 4.91 Å². The summed E-state index contributed by atoms with van der Waals surface area (Å²) >= 11 is 6.12. The molecule has 1 aromatic rings. The zero-order valence-electron chi connectivity index (χ0n) is 10.4. The number of phenolic OH excluding ortho intramolecular Hbond substituents is 1. The maximum atomic E-state index is 12.2. The van der Waals surface area contributed by atoms with E-state index in [2.05, 4.69) is 0 Å². The fourth-order valence-corrected chi connectivity index (χ4v) is 3.06. The number of thiocarbonyl (C=S) groups is 1. The molecule has 0 aliphatic carbocycles. The van der Waals surface area contributed by atoms with Crippen LogP contribution in [0.25, 0.3) is 6.08 Å². The summed E-state index contributed by atoms with van der Waals surface area (Å²) in [6.45, 7) is 1.41. The standard InChI is InChI=1S/C13H11NO4S2/c1-7(12(17)18)14-11(16)10(20-13(14)19)6-8-2-4-9(15)5-3-8/h2-7,15H,1H3,(H,17,18)/b10-6+. The molecule has 20 heavy (non-hydrogen) atoms. The fraction of sp³-hybridized carbons (Fsp3) is 0.154. The minimum Gasteiger partial charge on any atom is -0.508 e. The van der Waals surface area contributed by atoms with Crippen molar-refractivity contribution in [2.45, 2.75) is 13.0 Å². The normalized spacial score (nSPS) is 18.6. The van der Waals surface area contributed by atoms with Crippen LogP contribution in [0.1, 0.15) is 12.5 Å². The molecule has 0 radical (unpaired) electrons. The number of carbonyl (C=O) groups excluding carboxylic acids is 1. The van der Waals surface area contributed by atoms with Gasteiger partial charge in [-0.05, 0) is 30.7 Å². The van der Waals surface area contributed by atoms with E-state index in [4.69, 9.17) is 17.3 Å². The number of nitrogens with zero attached hydrogens (tertiary/aromatic N) is 1. The van der Waals surface area contributed by atoms with Gasteiger partial charge in [-0.3, -0.25) is 9.69 Å². The first-order valence-corrected chi connectivity index (χ1v) is 6.91. The molecule has 2 N–H and O–H groups in total. The molecule has 2 rings (SSSR count). The molecule has 1 aromatic carbocycles. The van der Waals surface area contributed by atoms with Crippen molar-refractivity contribution in [2.24, 2.45) is 0 Å². The monoisotopic (exact) mass is 309 g/mol. The van der Waals surface area contributed by atoms with E-state index < -0.39 is 17.9 Å². The average molecular weight is 309 g/mol. The molecule has 0 spiro atoms. The predicted octanol–water partition coefficient (Wildman–Crippen LogP) is 2.07. The van der Waals surface area contributed by atoms with Crippen LogP contribution in [0.15, 0.2) is 29.2 Å². The van der Waals surface area contributed by atoms with Crippen LogP contribution in [0.5, 0.6) is 5.75 Å². The molecular formula is C13H11NO4S2. The zero-order chi connectivity index (χ0) is 14.9. The van der Waals surface area contributed by atoms with Gasteiger partial charge in [0.2, 0.25) is 0 Å². The number of phenols is 1. The van der Waals surface area contributed by atoms with E-state index in [-0.39, 0.29) is 10.1 Å². The number of benzene rings is 1. The molecule has 1 saturated heterocycles. The van der Waals surface area contributed by atoms with Gasteiger partial charge in [0, 0.05) is 0 Å². The number of carboxylic acids is 1. The highest BCUT2D eigenvalue weighted by molar-refractivity contribution is 8.26. The molecule has 0 aromatic heterocycles. The molecule has 1 atom stereocenters. The van der Waals surface area contributed by atoms with Crippen molar-refractivity contribution in [2.75, 3.05) is 0 Å². The summed E-state index contributed by atoms with van der Waals surface area (Å²) in [4.78, 5) is 24.6. The first kappa shape index (κ1) is 14.5. The van der Waals surface area contributed by atoms with Gasteiger partial charge in [0.15, 0.2) is 0 Å². The van der Waals surface area contributed by atoms with Crippen LogP contribution in [-0.4, -0.2) is 37.4 Å². The van der Waals surface area contributed by atoms with E-state index in [9.17, 15) is 14.7 Å². The number of rotatable bonds is 3. The number of thioether (sulfide) groups is 1. The Labute approximate surface area is 124 Å². The van der Waals surface area contributed by atoms with E-state index in [1.807, 2.05) is 0 Å². The summed E-state index contributed by atoms with van der Waals surface area (Å²) in [5, 5.41) is 18.2. The van der Waals surface area contributed by atoms with Crippen molar-refractivity contribution >= 4 is 46.3 Å². The first-order valence-electron chi connectivity index (χ1n) is 5.69. The summed E-state index contributed by atoms with van der Waals surface area (Å²) in [7, 11) is 0. The Morgan fingerprint density at radius 1 is 1.40 bits per heavy atom. The third-order valence-electron chi connectivity index (χ3n) is 2.76. The largest absolute Gasteiger partial charge is 0.508 e. The highest BCUT2D eigenvalue weighted by Crippen LogP contribution is 2.34. The predicted molar refractivity (Wildman–Crippen MR) is 80.2 cm³/mol. The van der Waals surface area contributed by atoms with Gasteiger partial charge in [-0.2, -0.15) is 0 Å². The number of hydrogen-bond acceptors (Lipinski definition) is 5. The average Bonchev–Trinajstić information content (AvgIpc) is 2.66. The van der Waals surface area contributed by atoms with Crippen molar-refractivity contribution in [1.29, 1.82) is 0 Å². The summed E-state index contributed by atoms with van der Waals surface area (Å²) < 4.78 is 0.231. The second kappa shape index (κ2) is 5.64. The lowest BCUT2D eigenvalue weighted by atomic mass is 10.2. The van der Waals surface area contributed by atoms with E-state index >= 15 is 0 Å². The Balaban J connectivity index is 2.28. The van der Waals surface area contributed by atoms with Crippen molar-refractivity contribution in [1.82, 2.24) is 4.90 Å². The quantitative estimate of drug-likeness (QED) is 0.657. The molecular weight excluding hydrogens is 298 g/mol. The molecule has 1 heterocycles. The summed E-state index contributed by atoms with van der Waals surface area (Å²) in [5.74, 6) is -1.38. The van der Waals surface area contributed by atoms with E-state index in [1.54, 1.807) is 18.2 Å². The SMILES string of the molecule is CC(C(=O)O)N1C(=O)/C(=C\c2ccc(O)cc2)SC1=S. The van der Waals surface area contributed by atoms with Crippen LogP contribution in [0.4, 0.5) is 0 Å². The van der Waals surface area contributed by atoms with Crippen LogP contribution in [0.2, 0.25) is 0 Å². The highest BCUT2D eigenvalue weighted by Gasteiger charge is 2.38. The van der Waals surface area contributed by atoms with E-state index in [1.165, 1.54) is 19.1 Å². The molecule has 1 amide bonds. The lowest BCUT2D eigenvalue weighted by Crippen LogP contribution is -2.41. The fourth-order valence-electron chi connectivity index (χ4n) is 1.65. The number of aromatic hydroxyl groups is 1. The second-order valence-corrected chi connectivity index (χ2v) is 5.83. The Hall–Kier alpha value is -1.86. The molecule has 1 unspecified atom stereocenters. The Morgan fingerprint density at radius 2 is 2.00 bits per heavy atom. The topological polar surface area (TPSA) is 77.8 Å². The van der Waals surface area contributed by atoms with Gasteiger partial charge in [0.1, 0.15) is 16.1 Å². The van der Waals surface area contributed by atoms with E-state index in [0.29, 0.717) is 4.91 Å². The molecule has 5 nitrogen and oxygen atoms in total. The van der Waals surface area contributed by atoms with Gasteiger partial charge in [-0.25, -0.2) is 4.79 Å². The maximum absolute atomic E-state index is 12.2. The zero-order valence-corrected chi connectivity index (χ0v) is 12.1. The number of carboxylic acid groups (broad SMARTS) is 1. The lowest BCUT2D eigenvalue weighted by molar-refractivity contribution is -0.144. The maximum Gasteiger partial charge on any atom is 0.326 e. The van der Waals surface area contributed by atoms with E-state index in [0.717, 1.165) is 22.2 Å². The third kappa shape index (κ3) is 2.83. The summed E-state index contributed by atoms with van der Waals surface area (Å²) in [6, 6.07) is 5.33. The van der Waals surface area contributed by atoms with Gasteiger partial charge in [0.25, 0.3) is 5.91 Å². The summed E-state index contributed by atoms with van der Waals surface area (Å²) in [6.07, 6.45) is 1.62. The molecule has 1 fully saturated rings. The van der Waals surface area contributed by atoms with Crippen LogP contribution >= 0.6 is 24.0 Å². The van der Waals surface area contributed by atoms with Gasteiger partial charge in [-0.1, -0.05) is 36.1 Å². The highest BCUT2D eigenvalue weighted by atomic mass is 32.2. The molecule has 7 heteroatoms.